The van der Waals surface area contributed by atoms with Crippen molar-refractivity contribution in [3.05, 3.63) is 55.7 Å². The third-order valence-electron chi connectivity index (χ3n) is 2.89. The monoisotopic (exact) mass is 364 g/mol. The smallest absolute Gasteiger partial charge is 0.387 e. The number of aliphatic hydroxyl groups is 1. The van der Waals surface area contributed by atoms with Crippen molar-refractivity contribution < 1.29 is 18.3 Å². The van der Waals surface area contributed by atoms with E-state index in [9.17, 15) is 18.3 Å². The maximum Gasteiger partial charge on any atom is 0.416 e. The van der Waals surface area contributed by atoms with Gasteiger partial charge in [0.2, 0.25) is 0 Å². The van der Waals surface area contributed by atoms with Crippen LogP contribution < -0.4 is 0 Å². The van der Waals surface area contributed by atoms with Crippen LogP contribution in [0.1, 0.15) is 27.7 Å². The zero-order chi connectivity index (χ0) is 14.9. The van der Waals surface area contributed by atoms with Gasteiger partial charge in [-0.15, -0.1) is 11.3 Å². The largest absolute Gasteiger partial charge is 0.416 e. The van der Waals surface area contributed by atoms with Crippen molar-refractivity contribution in [1.29, 1.82) is 0 Å². The molecule has 0 radical (unpaired) electrons. The van der Waals surface area contributed by atoms with Gasteiger partial charge < -0.3 is 5.11 Å². The number of thiophene rings is 1. The molecule has 0 amide bonds. The Hall–Kier alpha value is -0.850. The molecule has 6 heteroatoms. The van der Waals surface area contributed by atoms with E-state index < -0.39 is 17.8 Å². The van der Waals surface area contributed by atoms with Gasteiger partial charge in [-0.05, 0) is 46.1 Å². The molecule has 1 nitrogen and oxygen atoms in total. The SMILES string of the molecule is Cc1cc(C(O)Cc2cccc(C(F)(F)F)c2)sc1Br. The number of aliphatic hydroxyl groups excluding tert-OH is 1. The molecule has 1 atom stereocenters. The summed E-state index contributed by atoms with van der Waals surface area (Å²) in [6.07, 6.45) is -4.99. The summed E-state index contributed by atoms with van der Waals surface area (Å²) in [6.45, 7) is 1.90. The molecule has 0 fully saturated rings. The number of halogens is 4. The lowest BCUT2D eigenvalue weighted by atomic mass is 10.0. The predicted molar refractivity (Wildman–Crippen MR) is 76.9 cm³/mol. The standard InChI is InChI=1S/C14H12BrF3OS/c1-8-5-12(20-13(8)15)11(19)7-9-3-2-4-10(6-9)14(16,17)18/h2-6,11,19H,7H2,1H3. The zero-order valence-electron chi connectivity index (χ0n) is 10.5. The van der Waals surface area contributed by atoms with Crippen LogP contribution in [0.3, 0.4) is 0 Å². The topological polar surface area (TPSA) is 20.2 Å². The summed E-state index contributed by atoms with van der Waals surface area (Å²) in [6, 6.07) is 6.90. The van der Waals surface area contributed by atoms with Crippen molar-refractivity contribution in [2.24, 2.45) is 0 Å². The Morgan fingerprint density at radius 2 is 2.00 bits per heavy atom. The Morgan fingerprint density at radius 3 is 2.55 bits per heavy atom. The molecule has 0 aliphatic carbocycles. The van der Waals surface area contributed by atoms with E-state index in [-0.39, 0.29) is 6.42 Å². The van der Waals surface area contributed by atoms with Crippen LogP contribution in [-0.2, 0) is 12.6 Å². The molecule has 1 aromatic heterocycles. The molecule has 2 aromatic rings. The first-order chi connectivity index (χ1) is 9.27. The lowest BCUT2D eigenvalue weighted by Gasteiger charge is -2.11. The molecule has 0 saturated carbocycles. The van der Waals surface area contributed by atoms with Crippen LogP contribution in [0.25, 0.3) is 0 Å². The van der Waals surface area contributed by atoms with Gasteiger partial charge in [0.1, 0.15) is 0 Å². The van der Waals surface area contributed by atoms with Crippen molar-refractivity contribution in [2.45, 2.75) is 25.6 Å². The summed E-state index contributed by atoms with van der Waals surface area (Å²) < 4.78 is 38.8. The Morgan fingerprint density at radius 1 is 1.30 bits per heavy atom. The molecule has 0 bridgehead atoms. The van der Waals surface area contributed by atoms with Crippen LogP contribution >= 0.6 is 27.3 Å². The predicted octanol–water partition coefficient (Wildman–Crippen LogP) is 5.11. The number of aryl methyl sites for hydroxylation is 1. The Balaban J connectivity index is 2.17. The minimum atomic E-state index is -4.36. The number of rotatable bonds is 3. The first-order valence-electron chi connectivity index (χ1n) is 5.87. The highest BCUT2D eigenvalue weighted by molar-refractivity contribution is 9.11. The first kappa shape index (κ1) is 15.5. The molecule has 0 saturated heterocycles. The normalized spacial score (nSPS) is 13.5. The van der Waals surface area contributed by atoms with Crippen molar-refractivity contribution in [2.75, 3.05) is 0 Å². The second-order valence-electron chi connectivity index (χ2n) is 4.52. The van der Waals surface area contributed by atoms with Gasteiger partial charge in [-0.3, -0.25) is 0 Å². The van der Waals surface area contributed by atoms with Crippen molar-refractivity contribution in [3.63, 3.8) is 0 Å². The molecule has 0 spiro atoms. The maximum atomic E-state index is 12.6. The zero-order valence-corrected chi connectivity index (χ0v) is 12.9. The molecular weight excluding hydrogens is 353 g/mol. The van der Waals surface area contributed by atoms with Crippen LogP contribution in [0.15, 0.2) is 34.1 Å². The minimum Gasteiger partial charge on any atom is -0.387 e. The summed E-state index contributed by atoms with van der Waals surface area (Å²) in [5.41, 5.74) is 0.785. The van der Waals surface area contributed by atoms with E-state index in [2.05, 4.69) is 15.9 Å². The minimum absolute atomic E-state index is 0.163. The third-order valence-corrected chi connectivity index (χ3v) is 5.13. The fourth-order valence-electron chi connectivity index (χ4n) is 1.85. The molecule has 1 unspecified atom stereocenters. The summed E-state index contributed by atoms with van der Waals surface area (Å²) >= 11 is 4.76. The molecule has 108 valence electrons. The molecule has 0 aliphatic heterocycles. The van der Waals surface area contributed by atoms with Crippen molar-refractivity contribution >= 4 is 27.3 Å². The van der Waals surface area contributed by atoms with E-state index in [1.54, 1.807) is 6.07 Å². The first-order valence-corrected chi connectivity index (χ1v) is 7.48. The van der Waals surface area contributed by atoms with E-state index in [4.69, 9.17) is 0 Å². The van der Waals surface area contributed by atoms with Gasteiger partial charge >= 0.3 is 6.18 Å². The highest BCUT2D eigenvalue weighted by atomic mass is 79.9. The van der Waals surface area contributed by atoms with E-state index in [1.165, 1.54) is 17.4 Å². The summed E-state index contributed by atoms with van der Waals surface area (Å²) in [7, 11) is 0. The van der Waals surface area contributed by atoms with Crippen molar-refractivity contribution in [1.82, 2.24) is 0 Å². The number of hydrogen-bond donors (Lipinski definition) is 1. The van der Waals surface area contributed by atoms with Gasteiger partial charge in [0.15, 0.2) is 0 Å². The maximum absolute atomic E-state index is 12.6. The van der Waals surface area contributed by atoms with Crippen molar-refractivity contribution in [3.8, 4) is 0 Å². The van der Waals surface area contributed by atoms with Gasteiger partial charge in [-0.2, -0.15) is 13.2 Å². The molecule has 20 heavy (non-hydrogen) atoms. The summed E-state index contributed by atoms with van der Waals surface area (Å²) in [5.74, 6) is 0. The van der Waals surface area contributed by atoms with Crippen LogP contribution in [0.4, 0.5) is 13.2 Å². The molecule has 2 rings (SSSR count). The molecule has 1 heterocycles. The Bertz CT molecular complexity index is 587. The third kappa shape index (κ3) is 3.62. The van der Waals surface area contributed by atoms with Gasteiger partial charge in [0.25, 0.3) is 0 Å². The molecule has 0 aliphatic rings. The van der Waals surface area contributed by atoms with Crippen LogP contribution in [0.5, 0.6) is 0 Å². The fraction of sp³-hybridized carbons (Fsp3) is 0.286. The average molecular weight is 365 g/mol. The second-order valence-corrected chi connectivity index (χ2v) is 6.93. The van der Waals surface area contributed by atoms with E-state index >= 15 is 0 Å². The van der Waals surface area contributed by atoms with Gasteiger partial charge in [0, 0.05) is 11.3 Å². The summed E-state index contributed by atoms with van der Waals surface area (Å²) in [4.78, 5) is 0.742. The van der Waals surface area contributed by atoms with Crippen LogP contribution in [-0.4, -0.2) is 5.11 Å². The molecule has 1 aromatic carbocycles. The lowest BCUT2D eigenvalue weighted by molar-refractivity contribution is -0.137. The van der Waals surface area contributed by atoms with Crippen LogP contribution in [0.2, 0.25) is 0 Å². The quantitative estimate of drug-likeness (QED) is 0.801. The lowest BCUT2D eigenvalue weighted by Crippen LogP contribution is -2.06. The fourth-order valence-corrected chi connectivity index (χ4v) is 3.40. The van der Waals surface area contributed by atoms with E-state index in [0.717, 1.165) is 26.4 Å². The molecule has 1 N–H and O–H groups in total. The molecular formula is C14H12BrF3OS. The number of alkyl halides is 3. The second kappa shape index (κ2) is 5.87. The van der Waals surface area contributed by atoms with E-state index in [1.807, 2.05) is 13.0 Å². The van der Waals surface area contributed by atoms with Gasteiger partial charge in [-0.25, -0.2) is 0 Å². The average Bonchev–Trinajstić information content (AvgIpc) is 2.69. The number of benzene rings is 1. The summed E-state index contributed by atoms with van der Waals surface area (Å²) in [5, 5.41) is 10.1. The van der Waals surface area contributed by atoms with Crippen LogP contribution in [0, 0.1) is 6.92 Å². The Kier molecular flexibility index (Phi) is 4.56. The van der Waals surface area contributed by atoms with Gasteiger partial charge in [0.05, 0.1) is 15.5 Å². The highest BCUT2D eigenvalue weighted by Gasteiger charge is 2.30. The number of hydrogen-bond acceptors (Lipinski definition) is 2. The highest BCUT2D eigenvalue weighted by Crippen LogP contribution is 2.34. The van der Waals surface area contributed by atoms with Gasteiger partial charge in [-0.1, -0.05) is 18.2 Å². The van der Waals surface area contributed by atoms with E-state index in [0.29, 0.717) is 5.56 Å². The Labute approximate surface area is 127 Å².